The SMILES string of the molecule is CC(=O)Nc1sc2c(c1-c1nc3ccccc3s1)C(C)CCN(C(=O)OC(C)(C)C)C2. The number of nitrogens with one attached hydrogen (secondary N) is 1. The first-order chi connectivity index (χ1) is 14.6. The van der Waals surface area contributed by atoms with Crippen LogP contribution in [0.1, 0.15) is 57.4 Å². The van der Waals surface area contributed by atoms with E-state index in [4.69, 9.17) is 9.72 Å². The first kappa shape index (κ1) is 21.8. The highest BCUT2D eigenvalue weighted by molar-refractivity contribution is 7.22. The molecule has 1 aliphatic rings. The van der Waals surface area contributed by atoms with E-state index < -0.39 is 5.60 Å². The number of thiophene rings is 1. The quantitative estimate of drug-likeness (QED) is 0.495. The van der Waals surface area contributed by atoms with E-state index in [9.17, 15) is 9.59 Å². The van der Waals surface area contributed by atoms with Gasteiger partial charge < -0.3 is 15.0 Å². The molecular formula is C23H27N3O3S2. The Hall–Kier alpha value is -2.45. The summed E-state index contributed by atoms with van der Waals surface area (Å²) in [5, 5.41) is 4.71. The molecule has 1 N–H and O–H groups in total. The molecule has 6 nitrogen and oxygen atoms in total. The summed E-state index contributed by atoms with van der Waals surface area (Å²) in [6.45, 7) is 10.4. The van der Waals surface area contributed by atoms with Crippen LogP contribution in [0.5, 0.6) is 0 Å². The molecular weight excluding hydrogens is 430 g/mol. The van der Waals surface area contributed by atoms with E-state index in [2.05, 4.69) is 18.3 Å². The van der Waals surface area contributed by atoms with Gasteiger partial charge >= 0.3 is 6.09 Å². The third-order valence-corrected chi connectivity index (χ3v) is 7.29. The topological polar surface area (TPSA) is 71.5 Å². The van der Waals surface area contributed by atoms with Crippen molar-refractivity contribution in [1.29, 1.82) is 0 Å². The molecule has 2 amide bonds. The number of thiazole rings is 1. The van der Waals surface area contributed by atoms with Gasteiger partial charge in [0, 0.05) is 23.9 Å². The molecule has 0 aliphatic carbocycles. The van der Waals surface area contributed by atoms with Crippen molar-refractivity contribution in [2.45, 2.75) is 59.1 Å². The van der Waals surface area contributed by atoms with Gasteiger partial charge in [-0.1, -0.05) is 19.1 Å². The minimum atomic E-state index is -0.541. The van der Waals surface area contributed by atoms with Crippen molar-refractivity contribution in [2.75, 3.05) is 11.9 Å². The Morgan fingerprint density at radius 1 is 1.23 bits per heavy atom. The van der Waals surface area contributed by atoms with Gasteiger partial charge in [0.15, 0.2) is 0 Å². The lowest BCUT2D eigenvalue weighted by molar-refractivity contribution is -0.114. The molecule has 4 rings (SSSR count). The maximum atomic E-state index is 12.8. The zero-order valence-electron chi connectivity index (χ0n) is 18.4. The number of benzene rings is 1. The van der Waals surface area contributed by atoms with Crippen molar-refractivity contribution in [3.8, 4) is 10.6 Å². The number of ether oxygens (including phenoxy) is 1. The van der Waals surface area contributed by atoms with Gasteiger partial charge in [0.25, 0.3) is 0 Å². The van der Waals surface area contributed by atoms with Crippen LogP contribution in [0, 0.1) is 0 Å². The van der Waals surface area contributed by atoms with E-state index in [1.165, 1.54) is 23.8 Å². The molecule has 1 atom stereocenters. The lowest BCUT2D eigenvalue weighted by Gasteiger charge is -2.26. The zero-order valence-corrected chi connectivity index (χ0v) is 20.1. The van der Waals surface area contributed by atoms with Crippen LogP contribution in [0.15, 0.2) is 24.3 Å². The number of carbonyl (C=O) groups excluding carboxylic acids is 2. The van der Waals surface area contributed by atoms with E-state index >= 15 is 0 Å². The number of fused-ring (bicyclic) bond motifs is 2. The first-order valence-electron chi connectivity index (χ1n) is 10.4. The smallest absolute Gasteiger partial charge is 0.410 e. The van der Waals surface area contributed by atoms with Crippen molar-refractivity contribution >= 4 is 49.9 Å². The number of nitrogens with zero attached hydrogens (tertiary/aromatic N) is 2. The highest BCUT2D eigenvalue weighted by Crippen LogP contribution is 2.48. The Labute approximate surface area is 190 Å². The molecule has 1 unspecified atom stereocenters. The summed E-state index contributed by atoms with van der Waals surface area (Å²) >= 11 is 3.17. The second kappa shape index (κ2) is 8.24. The zero-order chi connectivity index (χ0) is 22.3. The van der Waals surface area contributed by atoms with E-state index in [1.54, 1.807) is 16.2 Å². The summed E-state index contributed by atoms with van der Waals surface area (Å²) in [6, 6.07) is 8.06. The fourth-order valence-corrected chi connectivity index (χ4v) is 6.28. The van der Waals surface area contributed by atoms with E-state index in [-0.39, 0.29) is 17.9 Å². The molecule has 1 aliphatic heterocycles. The Kier molecular flexibility index (Phi) is 5.79. The molecule has 2 aromatic heterocycles. The fraction of sp³-hybridized carbons (Fsp3) is 0.435. The summed E-state index contributed by atoms with van der Waals surface area (Å²) < 4.78 is 6.73. The van der Waals surface area contributed by atoms with Crippen LogP contribution in [0.4, 0.5) is 9.80 Å². The van der Waals surface area contributed by atoms with Crippen LogP contribution in [-0.2, 0) is 16.1 Å². The van der Waals surface area contributed by atoms with Gasteiger partial charge in [0.05, 0.1) is 16.8 Å². The lowest BCUT2D eigenvalue weighted by atomic mass is 9.95. The van der Waals surface area contributed by atoms with Gasteiger partial charge in [-0.15, -0.1) is 22.7 Å². The molecule has 3 aromatic rings. The standard InChI is InChI=1S/C23H27N3O3S2/c1-13-10-11-26(22(28)29-23(3,4)5)12-17-18(13)19(20(31-17)24-14(2)27)21-25-15-8-6-7-9-16(15)30-21/h6-9,13H,10-12H2,1-5H3,(H,24,27). The number of para-hydroxylation sites is 1. The first-order valence-corrected chi connectivity index (χ1v) is 12.0. The summed E-state index contributed by atoms with van der Waals surface area (Å²) in [6.07, 6.45) is 0.518. The van der Waals surface area contributed by atoms with Crippen LogP contribution in [0.2, 0.25) is 0 Å². The van der Waals surface area contributed by atoms with Gasteiger partial charge in [0.2, 0.25) is 5.91 Å². The number of hydrogen-bond donors (Lipinski definition) is 1. The summed E-state index contributed by atoms with van der Waals surface area (Å²) in [7, 11) is 0. The summed E-state index contributed by atoms with van der Waals surface area (Å²) in [5.74, 6) is 0.110. The number of amides is 2. The minimum Gasteiger partial charge on any atom is -0.444 e. The molecule has 0 saturated heterocycles. The number of carbonyl (C=O) groups is 2. The van der Waals surface area contributed by atoms with Crippen LogP contribution < -0.4 is 5.32 Å². The average molecular weight is 458 g/mol. The molecule has 0 saturated carbocycles. The number of aromatic nitrogens is 1. The van der Waals surface area contributed by atoms with Gasteiger partial charge in [-0.2, -0.15) is 0 Å². The maximum Gasteiger partial charge on any atom is 0.410 e. The van der Waals surface area contributed by atoms with E-state index in [1.807, 2.05) is 39.0 Å². The molecule has 31 heavy (non-hydrogen) atoms. The molecule has 0 fully saturated rings. The summed E-state index contributed by atoms with van der Waals surface area (Å²) in [5.41, 5.74) is 2.59. The van der Waals surface area contributed by atoms with Crippen LogP contribution in [0.3, 0.4) is 0 Å². The molecule has 3 heterocycles. The monoisotopic (exact) mass is 457 g/mol. The van der Waals surface area contributed by atoms with Gasteiger partial charge in [-0.3, -0.25) is 4.79 Å². The van der Waals surface area contributed by atoms with E-state index in [0.29, 0.717) is 13.1 Å². The van der Waals surface area contributed by atoms with Crippen LogP contribution in [-0.4, -0.2) is 34.0 Å². The van der Waals surface area contributed by atoms with Gasteiger partial charge in [-0.05, 0) is 50.8 Å². The predicted octanol–water partition coefficient (Wildman–Crippen LogP) is 6.23. The Balaban J connectivity index is 1.79. The van der Waals surface area contributed by atoms with E-state index in [0.717, 1.165) is 37.1 Å². The third kappa shape index (κ3) is 4.60. The third-order valence-electron chi connectivity index (χ3n) is 5.13. The van der Waals surface area contributed by atoms with Crippen molar-refractivity contribution in [2.24, 2.45) is 0 Å². The molecule has 0 radical (unpaired) electrons. The van der Waals surface area contributed by atoms with Crippen molar-refractivity contribution in [1.82, 2.24) is 9.88 Å². The normalized spacial score (nSPS) is 16.7. The Bertz CT molecular complexity index is 1110. The molecule has 0 bridgehead atoms. The lowest BCUT2D eigenvalue weighted by Crippen LogP contribution is -2.36. The van der Waals surface area contributed by atoms with Gasteiger partial charge in [0.1, 0.15) is 15.6 Å². The second-order valence-corrected chi connectivity index (χ2v) is 11.0. The molecule has 0 spiro atoms. The molecule has 8 heteroatoms. The van der Waals surface area contributed by atoms with Crippen LogP contribution >= 0.6 is 22.7 Å². The molecule has 164 valence electrons. The fourth-order valence-electron chi connectivity index (χ4n) is 3.80. The minimum absolute atomic E-state index is 0.115. The van der Waals surface area contributed by atoms with Crippen molar-refractivity contribution < 1.29 is 14.3 Å². The Morgan fingerprint density at radius 2 is 1.97 bits per heavy atom. The predicted molar refractivity (Wildman–Crippen MR) is 127 cm³/mol. The highest BCUT2D eigenvalue weighted by Gasteiger charge is 2.32. The van der Waals surface area contributed by atoms with Crippen molar-refractivity contribution in [3.63, 3.8) is 0 Å². The van der Waals surface area contributed by atoms with Gasteiger partial charge in [-0.25, -0.2) is 9.78 Å². The number of hydrogen-bond acceptors (Lipinski definition) is 6. The summed E-state index contributed by atoms with van der Waals surface area (Å²) in [4.78, 5) is 32.4. The van der Waals surface area contributed by atoms with Crippen LogP contribution in [0.25, 0.3) is 20.8 Å². The highest BCUT2D eigenvalue weighted by atomic mass is 32.1. The Morgan fingerprint density at radius 3 is 2.65 bits per heavy atom. The second-order valence-electron chi connectivity index (χ2n) is 8.90. The maximum absolute atomic E-state index is 12.8. The average Bonchev–Trinajstić information content (AvgIpc) is 3.19. The largest absolute Gasteiger partial charge is 0.444 e. The number of rotatable bonds is 2. The van der Waals surface area contributed by atoms with Crippen molar-refractivity contribution in [3.05, 3.63) is 34.7 Å². The number of anilines is 1. The molecule has 1 aromatic carbocycles.